The van der Waals surface area contributed by atoms with E-state index in [2.05, 4.69) is 5.32 Å². The van der Waals surface area contributed by atoms with Gasteiger partial charge in [0.25, 0.3) is 5.92 Å². The molecule has 1 aromatic carbocycles. The molecule has 17 heavy (non-hydrogen) atoms. The summed E-state index contributed by atoms with van der Waals surface area (Å²) in [5, 5.41) is 19.2. The van der Waals surface area contributed by atoms with E-state index in [1.165, 1.54) is 0 Å². The number of hydrogen-bond donors (Lipinski definition) is 3. The van der Waals surface area contributed by atoms with Crippen molar-refractivity contribution in [1.29, 1.82) is 0 Å². The van der Waals surface area contributed by atoms with Gasteiger partial charge in [-0.1, -0.05) is 0 Å². The minimum Gasteiger partial charge on any atom is -0.478 e. The second kappa shape index (κ2) is 5.05. The van der Waals surface area contributed by atoms with Crippen LogP contribution >= 0.6 is 0 Å². The lowest BCUT2D eigenvalue weighted by Gasteiger charge is -2.16. The van der Waals surface area contributed by atoms with Crippen LogP contribution in [0.5, 0.6) is 0 Å². The molecule has 0 amide bonds. The number of anilines is 1. The fraction of sp³-hybridized carbons (Fsp3) is 0.300. The molecule has 1 aromatic rings. The lowest BCUT2D eigenvalue weighted by molar-refractivity contribution is -0.0373. The number of aliphatic hydroxyl groups is 1. The fourth-order valence-corrected chi connectivity index (χ4v) is 1.13. The zero-order chi connectivity index (χ0) is 13.1. The molecule has 94 valence electrons. The third-order valence-electron chi connectivity index (χ3n) is 1.98. The molecule has 0 aromatic heterocycles. The molecule has 0 heterocycles. The summed E-state index contributed by atoms with van der Waals surface area (Å²) in [5.41, 5.74) is -0.578. The van der Waals surface area contributed by atoms with Gasteiger partial charge in [-0.25, -0.2) is 18.0 Å². The summed E-state index contributed by atoms with van der Waals surface area (Å²) in [6.07, 6.45) is 0. The van der Waals surface area contributed by atoms with E-state index < -0.39 is 36.4 Å². The van der Waals surface area contributed by atoms with Crippen molar-refractivity contribution in [3.63, 3.8) is 0 Å². The Bertz CT molecular complexity index is 423. The van der Waals surface area contributed by atoms with Gasteiger partial charge in [-0.2, -0.15) is 0 Å². The molecule has 0 aliphatic carbocycles. The minimum absolute atomic E-state index is 0.132. The summed E-state index contributed by atoms with van der Waals surface area (Å²) >= 11 is 0. The number of carbonyl (C=O) groups is 1. The molecule has 0 fully saturated rings. The smallest absolute Gasteiger partial charge is 0.337 e. The molecule has 0 radical (unpaired) electrons. The summed E-state index contributed by atoms with van der Waals surface area (Å²) in [6, 6.07) is 2.72. The number of carboxylic acid groups (broad SMARTS) is 1. The Morgan fingerprint density at radius 2 is 2.06 bits per heavy atom. The molecule has 0 unspecified atom stereocenters. The summed E-state index contributed by atoms with van der Waals surface area (Å²) in [6.45, 7) is -2.29. The Kier molecular flexibility index (Phi) is 3.95. The van der Waals surface area contributed by atoms with Gasteiger partial charge in [0.2, 0.25) is 0 Å². The topological polar surface area (TPSA) is 69.6 Å². The molecule has 0 aliphatic rings. The van der Waals surface area contributed by atoms with E-state index in [1.807, 2.05) is 0 Å². The van der Waals surface area contributed by atoms with Gasteiger partial charge < -0.3 is 15.5 Å². The Morgan fingerprint density at radius 3 is 2.59 bits per heavy atom. The molecule has 0 saturated carbocycles. The lowest BCUT2D eigenvalue weighted by atomic mass is 10.1. The van der Waals surface area contributed by atoms with Crippen LogP contribution in [-0.2, 0) is 0 Å². The maximum absolute atomic E-state index is 12.8. The zero-order valence-electron chi connectivity index (χ0n) is 8.58. The van der Waals surface area contributed by atoms with E-state index >= 15 is 0 Å². The highest BCUT2D eigenvalue weighted by Gasteiger charge is 2.27. The van der Waals surface area contributed by atoms with Gasteiger partial charge in [0.1, 0.15) is 12.4 Å². The van der Waals surface area contributed by atoms with E-state index in [9.17, 15) is 18.0 Å². The number of alkyl halides is 2. The fourth-order valence-electron chi connectivity index (χ4n) is 1.13. The number of carboxylic acids is 1. The van der Waals surface area contributed by atoms with Gasteiger partial charge in [0.05, 0.1) is 12.1 Å². The van der Waals surface area contributed by atoms with E-state index in [0.717, 1.165) is 18.2 Å². The highest BCUT2D eigenvalue weighted by molar-refractivity contribution is 5.94. The summed E-state index contributed by atoms with van der Waals surface area (Å²) in [4.78, 5) is 10.7. The minimum atomic E-state index is -3.37. The normalized spacial score (nSPS) is 11.3. The van der Waals surface area contributed by atoms with Gasteiger partial charge in [0.15, 0.2) is 0 Å². The first-order valence-corrected chi connectivity index (χ1v) is 4.61. The molecular formula is C10H10F3NO3. The largest absolute Gasteiger partial charge is 0.478 e. The van der Waals surface area contributed by atoms with Crippen LogP contribution in [0.25, 0.3) is 0 Å². The van der Waals surface area contributed by atoms with Gasteiger partial charge in [-0.3, -0.25) is 0 Å². The third-order valence-corrected chi connectivity index (χ3v) is 1.98. The number of nitrogens with one attached hydrogen (secondary N) is 1. The molecule has 0 atom stereocenters. The predicted molar refractivity (Wildman–Crippen MR) is 53.9 cm³/mol. The molecule has 0 bridgehead atoms. The molecule has 0 aliphatic heterocycles. The van der Waals surface area contributed by atoms with E-state index in [4.69, 9.17) is 10.2 Å². The number of rotatable bonds is 5. The highest BCUT2D eigenvalue weighted by Crippen LogP contribution is 2.19. The van der Waals surface area contributed by atoms with Crippen LogP contribution in [-0.4, -0.2) is 35.3 Å². The lowest BCUT2D eigenvalue weighted by Crippen LogP contribution is -2.31. The van der Waals surface area contributed by atoms with Crippen molar-refractivity contribution in [2.24, 2.45) is 0 Å². The Balaban J connectivity index is 2.88. The third kappa shape index (κ3) is 3.63. The van der Waals surface area contributed by atoms with E-state index in [0.29, 0.717) is 0 Å². The van der Waals surface area contributed by atoms with E-state index in [-0.39, 0.29) is 5.69 Å². The van der Waals surface area contributed by atoms with Crippen LogP contribution in [0, 0.1) is 5.82 Å². The molecule has 7 heteroatoms. The number of aromatic carboxylic acids is 1. The van der Waals surface area contributed by atoms with E-state index in [1.54, 1.807) is 0 Å². The maximum Gasteiger partial charge on any atom is 0.337 e. The SMILES string of the molecule is O=C(O)c1cc(F)ccc1NCC(F)(F)CO. The zero-order valence-corrected chi connectivity index (χ0v) is 8.58. The van der Waals surface area contributed by atoms with Crippen LogP contribution in [0.4, 0.5) is 18.9 Å². The highest BCUT2D eigenvalue weighted by atomic mass is 19.3. The van der Waals surface area contributed by atoms with Gasteiger partial charge in [-0.05, 0) is 18.2 Å². The monoisotopic (exact) mass is 249 g/mol. The van der Waals surface area contributed by atoms with Crippen molar-refractivity contribution < 1.29 is 28.2 Å². The molecular weight excluding hydrogens is 239 g/mol. The van der Waals surface area contributed by atoms with Crippen molar-refractivity contribution in [3.05, 3.63) is 29.6 Å². The van der Waals surface area contributed by atoms with Gasteiger partial charge in [-0.15, -0.1) is 0 Å². The van der Waals surface area contributed by atoms with Gasteiger partial charge in [0, 0.05) is 5.69 Å². The van der Waals surface area contributed by atoms with Crippen molar-refractivity contribution in [2.45, 2.75) is 5.92 Å². The Labute approximate surface area is 94.7 Å². The van der Waals surface area contributed by atoms with Crippen LogP contribution in [0.15, 0.2) is 18.2 Å². The first kappa shape index (κ1) is 13.3. The average Bonchev–Trinajstić information content (AvgIpc) is 2.27. The second-order valence-corrected chi connectivity index (χ2v) is 3.36. The van der Waals surface area contributed by atoms with Crippen LogP contribution in [0.1, 0.15) is 10.4 Å². The average molecular weight is 249 g/mol. The molecule has 0 spiro atoms. The molecule has 4 nitrogen and oxygen atoms in total. The van der Waals surface area contributed by atoms with Crippen molar-refractivity contribution in [2.75, 3.05) is 18.5 Å². The maximum atomic E-state index is 12.8. The van der Waals surface area contributed by atoms with Crippen molar-refractivity contribution in [3.8, 4) is 0 Å². The van der Waals surface area contributed by atoms with Crippen LogP contribution < -0.4 is 5.32 Å². The molecule has 1 rings (SSSR count). The summed E-state index contributed by atoms with van der Waals surface area (Å²) in [7, 11) is 0. The first-order chi connectivity index (χ1) is 7.85. The predicted octanol–water partition coefficient (Wildman–Crippen LogP) is 1.56. The van der Waals surface area contributed by atoms with Gasteiger partial charge >= 0.3 is 5.97 Å². The first-order valence-electron chi connectivity index (χ1n) is 4.61. The number of hydrogen-bond acceptors (Lipinski definition) is 3. The van der Waals surface area contributed by atoms with Crippen LogP contribution in [0.2, 0.25) is 0 Å². The summed E-state index contributed by atoms with van der Waals surface area (Å²) in [5.74, 6) is -5.58. The number of benzene rings is 1. The Hall–Kier alpha value is -1.76. The number of aliphatic hydroxyl groups excluding tert-OH is 1. The number of halogens is 3. The van der Waals surface area contributed by atoms with Crippen molar-refractivity contribution >= 4 is 11.7 Å². The second-order valence-electron chi connectivity index (χ2n) is 3.36. The van der Waals surface area contributed by atoms with Crippen LogP contribution in [0.3, 0.4) is 0 Å². The summed E-state index contributed by atoms with van der Waals surface area (Å²) < 4.78 is 38.2. The molecule has 0 saturated heterocycles. The molecule has 3 N–H and O–H groups in total. The Morgan fingerprint density at radius 1 is 1.41 bits per heavy atom. The van der Waals surface area contributed by atoms with Crippen molar-refractivity contribution in [1.82, 2.24) is 0 Å². The quantitative estimate of drug-likeness (QED) is 0.740. The standard InChI is InChI=1S/C10H10F3NO3/c11-6-1-2-8(7(3-6)9(16)17)14-4-10(12,13)5-15/h1-3,14-15H,4-5H2,(H,16,17).